The number of rotatable bonds is 2. The van der Waals surface area contributed by atoms with Crippen molar-refractivity contribution in [2.75, 3.05) is 7.11 Å². The summed E-state index contributed by atoms with van der Waals surface area (Å²) in [5.41, 5.74) is 0. The summed E-state index contributed by atoms with van der Waals surface area (Å²) in [4.78, 5) is 0.573. The fraction of sp³-hybridized carbons (Fsp3) is 0.143. The molecule has 0 heterocycles. The van der Waals surface area contributed by atoms with Gasteiger partial charge in [-0.25, -0.2) is 9.35 Å². The molecule has 0 aliphatic heterocycles. The quantitative estimate of drug-likeness (QED) is 0.711. The van der Waals surface area contributed by atoms with E-state index in [2.05, 4.69) is 0 Å². The van der Waals surface area contributed by atoms with Gasteiger partial charge < -0.3 is 4.74 Å². The van der Waals surface area contributed by atoms with Crippen LogP contribution in [0.3, 0.4) is 0 Å². The third-order valence-electron chi connectivity index (χ3n) is 1.27. The number of nitrogens with two attached hydrogens (primary N) is 1. The molecule has 60 valence electrons. The molecule has 0 saturated heterocycles. The Balaban J connectivity index is 3.01. The van der Waals surface area contributed by atoms with Crippen molar-refractivity contribution in [3.8, 4) is 5.75 Å². The van der Waals surface area contributed by atoms with Crippen LogP contribution in [0.25, 0.3) is 0 Å². The molecule has 11 heavy (non-hydrogen) atoms. The van der Waals surface area contributed by atoms with Gasteiger partial charge in [-0.05, 0) is 18.2 Å². The average molecular weight is 171 g/mol. The van der Waals surface area contributed by atoms with Crippen molar-refractivity contribution in [1.29, 1.82) is 0 Å². The van der Waals surface area contributed by atoms with E-state index in [1.165, 1.54) is 0 Å². The lowest BCUT2D eigenvalue weighted by atomic mass is 10.3. The summed E-state index contributed by atoms with van der Waals surface area (Å²) in [6, 6.07) is 6.87. The van der Waals surface area contributed by atoms with Gasteiger partial charge in [0.2, 0.25) is 0 Å². The molecule has 0 spiro atoms. The van der Waals surface area contributed by atoms with Gasteiger partial charge in [-0.2, -0.15) is 0 Å². The molecule has 0 fully saturated rings. The number of benzene rings is 1. The smallest absolute Gasteiger partial charge is 0.122 e. The zero-order valence-electron chi connectivity index (χ0n) is 6.11. The highest BCUT2D eigenvalue weighted by Gasteiger charge is 1.97. The van der Waals surface area contributed by atoms with E-state index in [-0.39, 0.29) is 0 Å². The number of hydrogen-bond donors (Lipinski definition) is 1. The molecule has 0 unspecified atom stereocenters. The molecule has 0 aliphatic rings. The van der Waals surface area contributed by atoms with E-state index in [1.54, 1.807) is 31.4 Å². The normalized spacial score (nSPS) is 12.5. The van der Waals surface area contributed by atoms with E-state index in [1.807, 2.05) is 0 Å². The molecule has 0 saturated carbocycles. The third kappa shape index (κ3) is 2.03. The van der Waals surface area contributed by atoms with Gasteiger partial charge in [-0.3, -0.25) is 0 Å². The van der Waals surface area contributed by atoms with E-state index < -0.39 is 11.0 Å². The van der Waals surface area contributed by atoms with Crippen LogP contribution < -0.4 is 9.88 Å². The summed E-state index contributed by atoms with van der Waals surface area (Å²) >= 11 is 0. The highest BCUT2D eigenvalue weighted by Crippen LogP contribution is 2.13. The Kier molecular flexibility index (Phi) is 2.62. The predicted molar refractivity (Wildman–Crippen MR) is 43.6 cm³/mol. The van der Waals surface area contributed by atoms with Gasteiger partial charge in [0.15, 0.2) is 0 Å². The Bertz CT molecular complexity index is 275. The van der Waals surface area contributed by atoms with Crippen LogP contribution in [0.1, 0.15) is 0 Å². The lowest BCUT2D eigenvalue weighted by Crippen LogP contribution is -2.02. The topological polar surface area (TPSA) is 52.3 Å². The Morgan fingerprint density at radius 1 is 1.55 bits per heavy atom. The number of hydrogen-bond acceptors (Lipinski definition) is 2. The first-order valence-corrected chi connectivity index (χ1v) is 4.25. The summed E-state index contributed by atoms with van der Waals surface area (Å²) in [7, 11) is 0.133. The van der Waals surface area contributed by atoms with Crippen LogP contribution >= 0.6 is 0 Å². The Morgan fingerprint density at radius 3 is 2.82 bits per heavy atom. The minimum absolute atomic E-state index is 0.573. The molecule has 1 rings (SSSR count). The first-order chi connectivity index (χ1) is 5.24. The molecule has 4 heteroatoms. The predicted octanol–water partition coefficient (Wildman–Crippen LogP) is 0.677. The van der Waals surface area contributed by atoms with Crippen LogP contribution in [-0.2, 0) is 11.0 Å². The Hall–Kier alpha value is -0.870. The molecule has 0 aliphatic carbocycles. The maximum absolute atomic E-state index is 10.7. The molecule has 0 amide bonds. The van der Waals surface area contributed by atoms with Gasteiger partial charge in [-0.1, -0.05) is 6.07 Å². The number of methoxy groups -OCH3 is 1. The monoisotopic (exact) mass is 171 g/mol. The third-order valence-corrected chi connectivity index (χ3v) is 1.99. The van der Waals surface area contributed by atoms with E-state index >= 15 is 0 Å². The van der Waals surface area contributed by atoms with Gasteiger partial charge in [0.25, 0.3) is 0 Å². The van der Waals surface area contributed by atoms with Crippen LogP contribution in [-0.4, -0.2) is 11.3 Å². The lowest BCUT2D eigenvalue weighted by molar-refractivity contribution is 0.413. The maximum Gasteiger partial charge on any atom is 0.122 e. The summed E-state index contributed by atoms with van der Waals surface area (Å²) in [5, 5.41) is 5.15. The standard InChI is InChI=1S/C7H9NO2S/c1-10-6-3-2-4-7(5-6)11(8)9/h2-5H,8H2,1H3/t11-/m1/s1. The lowest BCUT2D eigenvalue weighted by Gasteiger charge is -1.99. The zero-order valence-corrected chi connectivity index (χ0v) is 6.93. The van der Waals surface area contributed by atoms with E-state index in [9.17, 15) is 4.21 Å². The average Bonchev–Trinajstić information content (AvgIpc) is 2.05. The van der Waals surface area contributed by atoms with Crippen molar-refractivity contribution < 1.29 is 8.95 Å². The second-order valence-electron chi connectivity index (χ2n) is 1.98. The fourth-order valence-electron chi connectivity index (χ4n) is 0.726. The highest BCUT2D eigenvalue weighted by molar-refractivity contribution is 7.82. The van der Waals surface area contributed by atoms with E-state index in [4.69, 9.17) is 9.88 Å². The summed E-state index contributed by atoms with van der Waals surface area (Å²) in [6.45, 7) is 0. The second-order valence-corrected chi connectivity index (χ2v) is 3.04. The van der Waals surface area contributed by atoms with E-state index in [0.29, 0.717) is 10.6 Å². The largest absolute Gasteiger partial charge is 0.497 e. The second kappa shape index (κ2) is 3.50. The van der Waals surface area contributed by atoms with Gasteiger partial charge in [0, 0.05) is 0 Å². The van der Waals surface area contributed by atoms with Crippen molar-refractivity contribution in [2.24, 2.45) is 5.14 Å². The first-order valence-electron chi connectivity index (χ1n) is 3.04. The van der Waals surface area contributed by atoms with Crippen LogP contribution in [0, 0.1) is 0 Å². The van der Waals surface area contributed by atoms with Crippen molar-refractivity contribution in [1.82, 2.24) is 0 Å². The maximum atomic E-state index is 10.7. The molecule has 1 aromatic carbocycles. The van der Waals surface area contributed by atoms with Crippen LogP contribution in [0.5, 0.6) is 5.75 Å². The van der Waals surface area contributed by atoms with Gasteiger partial charge in [-0.15, -0.1) is 0 Å². The van der Waals surface area contributed by atoms with Crippen molar-refractivity contribution in [2.45, 2.75) is 4.90 Å². The molecule has 1 atom stereocenters. The summed E-state index contributed by atoms with van der Waals surface area (Å²) < 4.78 is 15.7. The molecular formula is C7H9NO2S. The van der Waals surface area contributed by atoms with Crippen molar-refractivity contribution in [3.05, 3.63) is 24.3 Å². The Labute approximate surface area is 67.8 Å². The Morgan fingerprint density at radius 2 is 2.27 bits per heavy atom. The van der Waals surface area contributed by atoms with E-state index in [0.717, 1.165) is 0 Å². The minimum atomic E-state index is -1.42. The van der Waals surface area contributed by atoms with Crippen LogP contribution in [0.4, 0.5) is 0 Å². The molecule has 0 bridgehead atoms. The molecular weight excluding hydrogens is 162 g/mol. The fourth-order valence-corrected chi connectivity index (χ4v) is 1.17. The molecule has 2 N–H and O–H groups in total. The van der Waals surface area contributed by atoms with Crippen molar-refractivity contribution >= 4 is 11.0 Å². The molecule has 1 aromatic rings. The summed E-state index contributed by atoms with van der Waals surface area (Å²) in [6.07, 6.45) is 0. The highest BCUT2D eigenvalue weighted by atomic mass is 32.2. The summed E-state index contributed by atoms with van der Waals surface area (Å²) in [5.74, 6) is 0.668. The van der Waals surface area contributed by atoms with Crippen LogP contribution in [0.15, 0.2) is 29.2 Å². The molecule has 3 nitrogen and oxygen atoms in total. The SMILES string of the molecule is COc1cccc([S@](N)=O)c1. The van der Waals surface area contributed by atoms with Crippen LogP contribution in [0.2, 0.25) is 0 Å². The van der Waals surface area contributed by atoms with Crippen molar-refractivity contribution in [3.63, 3.8) is 0 Å². The van der Waals surface area contributed by atoms with Gasteiger partial charge in [0.1, 0.15) is 16.7 Å². The van der Waals surface area contributed by atoms with Gasteiger partial charge >= 0.3 is 0 Å². The van der Waals surface area contributed by atoms with Gasteiger partial charge in [0.05, 0.1) is 12.0 Å². The minimum Gasteiger partial charge on any atom is -0.497 e. The molecule has 0 aromatic heterocycles. The number of ether oxygens (including phenoxy) is 1. The first kappa shape index (κ1) is 8.23. The molecule has 0 radical (unpaired) electrons. The zero-order chi connectivity index (χ0) is 8.27.